The summed E-state index contributed by atoms with van der Waals surface area (Å²) in [6, 6.07) is 0.387. The third kappa shape index (κ3) is 2.68. The Morgan fingerprint density at radius 3 is 2.73 bits per heavy atom. The van der Waals surface area contributed by atoms with E-state index in [-0.39, 0.29) is 0 Å². The van der Waals surface area contributed by atoms with Gasteiger partial charge < -0.3 is 5.32 Å². The molecule has 0 spiro atoms. The predicted molar refractivity (Wildman–Crippen MR) is 64.2 cm³/mol. The van der Waals surface area contributed by atoms with E-state index in [1.807, 2.05) is 0 Å². The molecule has 2 unspecified atom stereocenters. The number of aliphatic imine (C=N–C) groups is 1. The van der Waals surface area contributed by atoms with E-state index in [2.05, 4.69) is 34.1 Å². The molecule has 0 saturated carbocycles. The van der Waals surface area contributed by atoms with Gasteiger partial charge in [0.15, 0.2) is 5.17 Å². The van der Waals surface area contributed by atoms with E-state index in [1.54, 1.807) is 24.2 Å². The molecule has 15 heavy (non-hydrogen) atoms. The first-order chi connectivity index (χ1) is 7.25. The average Bonchev–Trinajstić information content (AvgIpc) is 2.25. The summed E-state index contributed by atoms with van der Waals surface area (Å²) >= 11 is 1.75. The average molecular weight is 222 g/mol. The van der Waals surface area contributed by atoms with Crippen LogP contribution in [0.4, 0.5) is 5.69 Å². The molecule has 2 rings (SSSR count). The normalized spacial score (nSPS) is 25.9. The van der Waals surface area contributed by atoms with Gasteiger partial charge in [0.25, 0.3) is 0 Å². The van der Waals surface area contributed by atoms with Crippen molar-refractivity contribution in [2.24, 2.45) is 10.9 Å². The van der Waals surface area contributed by atoms with Crippen LogP contribution in [0.1, 0.15) is 13.8 Å². The van der Waals surface area contributed by atoms with Gasteiger partial charge in [-0.3, -0.25) is 4.99 Å². The maximum absolute atomic E-state index is 4.57. The van der Waals surface area contributed by atoms with Crippen LogP contribution in [0.2, 0.25) is 0 Å². The topological polar surface area (TPSA) is 50.2 Å². The molecule has 0 saturated heterocycles. The molecule has 0 bridgehead atoms. The summed E-state index contributed by atoms with van der Waals surface area (Å²) in [5, 5.41) is 4.19. The van der Waals surface area contributed by atoms with Gasteiger partial charge in [0.05, 0.1) is 24.1 Å². The van der Waals surface area contributed by atoms with Crippen LogP contribution >= 0.6 is 11.8 Å². The van der Waals surface area contributed by atoms with Gasteiger partial charge in [-0.1, -0.05) is 18.7 Å². The Morgan fingerprint density at radius 2 is 2.07 bits per heavy atom. The molecule has 1 aliphatic heterocycles. The van der Waals surface area contributed by atoms with E-state index in [9.17, 15) is 0 Å². The van der Waals surface area contributed by atoms with Crippen molar-refractivity contribution in [2.45, 2.75) is 19.9 Å². The van der Waals surface area contributed by atoms with Crippen LogP contribution in [0.15, 0.2) is 23.7 Å². The van der Waals surface area contributed by atoms with Crippen LogP contribution in [0.5, 0.6) is 0 Å². The van der Waals surface area contributed by atoms with Crippen molar-refractivity contribution < 1.29 is 0 Å². The van der Waals surface area contributed by atoms with Crippen molar-refractivity contribution in [1.82, 2.24) is 9.97 Å². The van der Waals surface area contributed by atoms with Crippen LogP contribution in [0.25, 0.3) is 0 Å². The van der Waals surface area contributed by atoms with Crippen molar-refractivity contribution in [3.63, 3.8) is 0 Å². The molecule has 0 aliphatic carbocycles. The molecular weight excluding hydrogens is 208 g/mol. The number of nitrogens with zero attached hydrogens (tertiary/aromatic N) is 3. The van der Waals surface area contributed by atoms with E-state index in [0.29, 0.717) is 12.0 Å². The highest BCUT2D eigenvalue weighted by Crippen LogP contribution is 2.23. The molecule has 1 aromatic rings. The minimum absolute atomic E-state index is 0.387. The third-order valence-electron chi connectivity index (χ3n) is 2.44. The largest absolute Gasteiger partial charge is 0.332 e. The summed E-state index contributed by atoms with van der Waals surface area (Å²) < 4.78 is 0. The zero-order valence-electron chi connectivity index (χ0n) is 8.84. The molecule has 2 atom stereocenters. The standard InChI is InChI=1S/C10H14N4S/c1-7-5-15-10(13-8(7)2)14-9-3-11-6-12-4-9/h3-4,6-8H,5H2,1-2H3,(H,13,14). The number of rotatable bonds is 1. The zero-order valence-corrected chi connectivity index (χ0v) is 9.66. The molecule has 0 radical (unpaired) electrons. The highest BCUT2D eigenvalue weighted by atomic mass is 32.2. The van der Waals surface area contributed by atoms with E-state index in [4.69, 9.17) is 0 Å². The van der Waals surface area contributed by atoms with Gasteiger partial charge in [-0.2, -0.15) is 0 Å². The van der Waals surface area contributed by atoms with Crippen molar-refractivity contribution in [3.8, 4) is 0 Å². The predicted octanol–water partition coefficient (Wildman–Crippen LogP) is 2.02. The monoisotopic (exact) mass is 222 g/mol. The molecule has 4 nitrogen and oxygen atoms in total. The molecule has 0 aromatic carbocycles. The second-order valence-electron chi connectivity index (χ2n) is 3.72. The van der Waals surface area contributed by atoms with Gasteiger partial charge in [-0.25, -0.2) is 9.97 Å². The number of hydrogen-bond donors (Lipinski definition) is 1. The number of nitrogens with one attached hydrogen (secondary N) is 1. The summed E-state index contributed by atoms with van der Waals surface area (Å²) in [6.07, 6.45) is 5.02. The Balaban J connectivity index is 2.04. The minimum atomic E-state index is 0.387. The maximum atomic E-state index is 4.57. The van der Waals surface area contributed by atoms with Gasteiger partial charge in [-0.05, 0) is 12.8 Å². The summed E-state index contributed by atoms with van der Waals surface area (Å²) in [4.78, 5) is 12.5. The number of thioether (sulfide) groups is 1. The molecule has 0 amide bonds. The second-order valence-corrected chi connectivity index (χ2v) is 4.72. The van der Waals surface area contributed by atoms with E-state index < -0.39 is 0 Å². The van der Waals surface area contributed by atoms with Gasteiger partial charge in [0.1, 0.15) is 6.33 Å². The van der Waals surface area contributed by atoms with Crippen LogP contribution in [0, 0.1) is 5.92 Å². The summed E-state index contributed by atoms with van der Waals surface area (Å²) in [7, 11) is 0. The molecule has 1 aromatic heterocycles. The van der Waals surface area contributed by atoms with Crippen LogP contribution in [-0.4, -0.2) is 26.9 Å². The molecular formula is C10H14N4S. The number of amidine groups is 1. The highest BCUT2D eigenvalue weighted by Gasteiger charge is 2.19. The van der Waals surface area contributed by atoms with Crippen molar-refractivity contribution >= 4 is 22.6 Å². The SMILES string of the molecule is CC1CSC(Nc2cncnc2)=NC1C. The first-order valence-corrected chi connectivity index (χ1v) is 5.97. The first-order valence-electron chi connectivity index (χ1n) is 4.98. The molecule has 1 aliphatic rings. The van der Waals surface area contributed by atoms with Gasteiger partial charge in [0, 0.05) is 5.75 Å². The Bertz CT molecular complexity index is 352. The Labute approximate surface area is 93.6 Å². The lowest BCUT2D eigenvalue weighted by molar-refractivity contribution is 0.537. The van der Waals surface area contributed by atoms with E-state index in [1.165, 1.54) is 6.33 Å². The summed E-state index contributed by atoms with van der Waals surface area (Å²) in [5.41, 5.74) is 0.894. The smallest absolute Gasteiger partial charge is 0.161 e. The van der Waals surface area contributed by atoms with Gasteiger partial charge in [-0.15, -0.1) is 0 Å². The van der Waals surface area contributed by atoms with E-state index >= 15 is 0 Å². The van der Waals surface area contributed by atoms with Gasteiger partial charge in [0.2, 0.25) is 0 Å². The highest BCUT2D eigenvalue weighted by molar-refractivity contribution is 8.14. The van der Waals surface area contributed by atoms with Crippen molar-refractivity contribution in [3.05, 3.63) is 18.7 Å². The summed E-state index contributed by atoms with van der Waals surface area (Å²) in [5.74, 6) is 1.76. The van der Waals surface area contributed by atoms with Gasteiger partial charge >= 0.3 is 0 Å². The molecule has 80 valence electrons. The summed E-state index contributed by atoms with van der Waals surface area (Å²) in [6.45, 7) is 4.37. The number of anilines is 1. The van der Waals surface area contributed by atoms with Crippen LogP contribution in [0.3, 0.4) is 0 Å². The second kappa shape index (κ2) is 4.61. The quantitative estimate of drug-likeness (QED) is 0.789. The third-order valence-corrected chi connectivity index (χ3v) is 3.61. The van der Waals surface area contributed by atoms with E-state index in [0.717, 1.165) is 16.6 Å². The fraction of sp³-hybridized carbons (Fsp3) is 0.500. The Morgan fingerprint density at radius 1 is 1.33 bits per heavy atom. The van der Waals surface area contributed by atoms with Crippen LogP contribution < -0.4 is 5.32 Å². The van der Waals surface area contributed by atoms with Crippen LogP contribution in [-0.2, 0) is 0 Å². The Hall–Kier alpha value is -1.10. The zero-order chi connectivity index (χ0) is 10.7. The van der Waals surface area contributed by atoms with Crippen molar-refractivity contribution in [1.29, 1.82) is 0 Å². The minimum Gasteiger partial charge on any atom is -0.332 e. The number of hydrogen-bond acceptors (Lipinski definition) is 5. The molecule has 0 fully saturated rings. The van der Waals surface area contributed by atoms with Crippen molar-refractivity contribution in [2.75, 3.05) is 11.1 Å². The molecule has 2 heterocycles. The number of aromatic nitrogens is 2. The maximum Gasteiger partial charge on any atom is 0.161 e. The lowest BCUT2D eigenvalue weighted by atomic mass is 10.1. The lowest BCUT2D eigenvalue weighted by Gasteiger charge is -2.23. The first kappa shape index (κ1) is 10.4. The fourth-order valence-corrected chi connectivity index (χ4v) is 2.38. The molecule has 5 heteroatoms. The fourth-order valence-electron chi connectivity index (χ4n) is 1.25. The molecule has 1 N–H and O–H groups in total. The Kier molecular flexibility index (Phi) is 3.20. The lowest BCUT2D eigenvalue weighted by Crippen LogP contribution is -2.25.